The zero-order valence-electron chi connectivity index (χ0n) is 13.0. The lowest BCUT2D eigenvalue weighted by molar-refractivity contribution is -0.139. The van der Waals surface area contributed by atoms with E-state index in [1.165, 1.54) is 6.21 Å². The number of halogens is 1. The van der Waals surface area contributed by atoms with Crippen LogP contribution >= 0.6 is 15.9 Å². The van der Waals surface area contributed by atoms with Gasteiger partial charge in [-0.15, -0.1) is 0 Å². The van der Waals surface area contributed by atoms with Crippen molar-refractivity contribution in [3.05, 3.63) is 64.1 Å². The zero-order chi connectivity index (χ0) is 17.4. The fourth-order valence-electron chi connectivity index (χ4n) is 1.77. The number of ether oxygens (including phenoxy) is 1. The quantitative estimate of drug-likeness (QED) is 0.467. The van der Waals surface area contributed by atoms with Gasteiger partial charge in [-0.25, -0.2) is 5.43 Å². The Morgan fingerprint density at radius 2 is 1.75 bits per heavy atom. The summed E-state index contributed by atoms with van der Waals surface area (Å²) in [5.41, 5.74) is 3.85. The van der Waals surface area contributed by atoms with Crippen LogP contribution in [0.3, 0.4) is 0 Å². The number of nitrogens with zero attached hydrogens (tertiary/aromatic N) is 1. The zero-order valence-corrected chi connectivity index (χ0v) is 14.5. The molecular weight excluding hydrogens is 374 g/mol. The Morgan fingerprint density at radius 1 is 1.08 bits per heavy atom. The second-order valence-corrected chi connectivity index (χ2v) is 5.70. The molecule has 0 saturated carbocycles. The molecule has 0 saturated heterocycles. The van der Waals surface area contributed by atoms with Crippen LogP contribution in [0.1, 0.15) is 11.1 Å². The molecule has 2 rings (SSSR count). The molecule has 0 unspecified atom stereocenters. The molecule has 24 heavy (non-hydrogen) atoms. The van der Waals surface area contributed by atoms with Gasteiger partial charge >= 0.3 is 11.8 Å². The summed E-state index contributed by atoms with van der Waals surface area (Å²) in [4.78, 5) is 23.3. The topological polar surface area (TPSA) is 79.8 Å². The molecule has 0 aliphatic rings. The maximum Gasteiger partial charge on any atom is 0.329 e. The first-order valence-electron chi connectivity index (χ1n) is 7.08. The largest absolute Gasteiger partial charge is 0.497 e. The van der Waals surface area contributed by atoms with Crippen LogP contribution in [0.25, 0.3) is 0 Å². The highest BCUT2D eigenvalue weighted by Gasteiger charge is 2.11. The van der Waals surface area contributed by atoms with Gasteiger partial charge < -0.3 is 10.1 Å². The normalized spacial score (nSPS) is 10.4. The van der Waals surface area contributed by atoms with E-state index in [1.807, 2.05) is 36.4 Å². The molecule has 0 aliphatic carbocycles. The summed E-state index contributed by atoms with van der Waals surface area (Å²) in [6, 6.07) is 14.5. The molecule has 7 heteroatoms. The van der Waals surface area contributed by atoms with Crippen LogP contribution in [-0.2, 0) is 16.1 Å². The van der Waals surface area contributed by atoms with Crippen molar-refractivity contribution in [2.45, 2.75) is 6.54 Å². The minimum absolute atomic E-state index is 0.243. The summed E-state index contributed by atoms with van der Waals surface area (Å²) in [5.74, 6) is -0.847. The van der Waals surface area contributed by atoms with Gasteiger partial charge in [-0.2, -0.15) is 5.10 Å². The number of carbonyl (C=O) groups is 2. The average Bonchev–Trinajstić information content (AvgIpc) is 2.61. The number of nitrogens with one attached hydrogen (secondary N) is 2. The maximum atomic E-state index is 11.7. The highest BCUT2D eigenvalue weighted by Crippen LogP contribution is 2.11. The van der Waals surface area contributed by atoms with Crippen LogP contribution < -0.4 is 15.5 Å². The van der Waals surface area contributed by atoms with Gasteiger partial charge in [-0.05, 0) is 35.4 Å². The van der Waals surface area contributed by atoms with E-state index in [2.05, 4.69) is 31.8 Å². The number of hydrogen-bond acceptors (Lipinski definition) is 4. The summed E-state index contributed by atoms with van der Waals surface area (Å²) in [6.45, 7) is 0.243. The summed E-state index contributed by atoms with van der Waals surface area (Å²) in [6.07, 6.45) is 1.46. The Bertz CT molecular complexity index is 728. The fourth-order valence-corrected chi connectivity index (χ4v) is 2.04. The van der Waals surface area contributed by atoms with Crippen LogP contribution in [0, 0.1) is 0 Å². The van der Waals surface area contributed by atoms with E-state index in [9.17, 15) is 9.59 Å². The summed E-state index contributed by atoms with van der Waals surface area (Å²) >= 11 is 3.33. The molecule has 0 atom stereocenters. The fraction of sp³-hybridized carbons (Fsp3) is 0.118. The van der Waals surface area contributed by atoms with E-state index in [0.717, 1.165) is 21.3 Å². The molecule has 0 aliphatic heterocycles. The first-order chi connectivity index (χ1) is 11.6. The van der Waals surface area contributed by atoms with Crippen molar-refractivity contribution in [1.29, 1.82) is 0 Å². The van der Waals surface area contributed by atoms with Crippen molar-refractivity contribution < 1.29 is 14.3 Å². The third-order valence-electron chi connectivity index (χ3n) is 3.07. The van der Waals surface area contributed by atoms with Crippen LogP contribution in [0.15, 0.2) is 58.1 Å². The molecule has 0 radical (unpaired) electrons. The molecule has 0 bridgehead atoms. The number of methoxy groups -OCH3 is 1. The van der Waals surface area contributed by atoms with Crippen LogP contribution in [0.5, 0.6) is 5.75 Å². The van der Waals surface area contributed by atoms with Gasteiger partial charge in [0.15, 0.2) is 0 Å². The smallest absolute Gasteiger partial charge is 0.329 e. The third kappa shape index (κ3) is 5.51. The van der Waals surface area contributed by atoms with E-state index in [1.54, 1.807) is 19.2 Å². The van der Waals surface area contributed by atoms with Crippen molar-refractivity contribution >= 4 is 34.0 Å². The van der Waals surface area contributed by atoms with E-state index in [4.69, 9.17) is 4.74 Å². The molecule has 0 fully saturated rings. The molecule has 0 heterocycles. The molecule has 0 spiro atoms. The molecule has 2 aromatic carbocycles. The Hall–Kier alpha value is -2.67. The minimum Gasteiger partial charge on any atom is -0.497 e. The standard InChI is InChI=1S/C17H16BrN3O3/c1-24-15-8-4-12(5-9-15)10-19-16(22)17(23)21-20-11-13-2-6-14(18)7-3-13/h2-9,11H,10H2,1H3,(H,19,22)(H,21,23)/b20-11+. The second-order valence-electron chi connectivity index (χ2n) is 4.78. The van der Waals surface area contributed by atoms with Crippen LogP contribution in [-0.4, -0.2) is 25.1 Å². The summed E-state index contributed by atoms with van der Waals surface area (Å²) in [7, 11) is 1.58. The van der Waals surface area contributed by atoms with Gasteiger partial charge in [0.05, 0.1) is 13.3 Å². The van der Waals surface area contributed by atoms with Crippen molar-refractivity contribution in [2.24, 2.45) is 5.10 Å². The maximum absolute atomic E-state index is 11.7. The molecular formula is C17H16BrN3O3. The van der Waals surface area contributed by atoms with Crippen LogP contribution in [0.2, 0.25) is 0 Å². The van der Waals surface area contributed by atoms with E-state index in [-0.39, 0.29) is 6.54 Å². The average molecular weight is 390 g/mol. The molecule has 2 N–H and O–H groups in total. The Labute approximate surface area is 148 Å². The van der Waals surface area contributed by atoms with Crippen molar-refractivity contribution in [2.75, 3.05) is 7.11 Å². The van der Waals surface area contributed by atoms with Gasteiger partial charge in [0.1, 0.15) is 5.75 Å². The third-order valence-corrected chi connectivity index (χ3v) is 3.60. The van der Waals surface area contributed by atoms with E-state index in [0.29, 0.717) is 0 Å². The predicted molar refractivity (Wildman–Crippen MR) is 94.7 cm³/mol. The SMILES string of the molecule is COc1ccc(CNC(=O)C(=O)N/N=C/c2ccc(Br)cc2)cc1. The highest BCUT2D eigenvalue weighted by atomic mass is 79.9. The van der Waals surface area contributed by atoms with E-state index >= 15 is 0 Å². The van der Waals surface area contributed by atoms with Gasteiger partial charge in [0.2, 0.25) is 0 Å². The number of amides is 2. The first-order valence-corrected chi connectivity index (χ1v) is 7.87. The number of benzene rings is 2. The first kappa shape index (κ1) is 17.7. The van der Waals surface area contributed by atoms with Crippen LogP contribution in [0.4, 0.5) is 0 Å². The predicted octanol–water partition coefficient (Wildman–Crippen LogP) is 2.22. The number of hydrazone groups is 1. The monoisotopic (exact) mass is 389 g/mol. The van der Waals surface area contributed by atoms with Crippen molar-refractivity contribution in [1.82, 2.24) is 10.7 Å². The molecule has 6 nitrogen and oxygen atoms in total. The van der Waals surface area contributed by atoms with Gasteiger partial charge in [-0.1, -0.05) is 40.2 Å². The second kappa shape index (κ2) is 8.83. The Morgan fingerprint density at radius 3 is 2.38 bits per heavy atom. The van der Waals surface area contributed by atoms with Crippen molar-refractivity contribution in [3.63, 3.8) is 0 Å². The lowest BCUT2D eigenvalue weighted by Gasteiger charge is -2.05. The summed E-state index contributed by atoms with van der Waals surface area (Å²) in [5, 5.41) is 6.27. The number of carbonyl (C=O) groups excluding carboxylic acids is 2. The van der Waals surface area contributed by atoms with Gasteiger partial charge in [-0.3, -0.25) is 9.59 Å². The number of rotatable bonds is 5. The number of hydrogen-bond donors (Lipinski definition) is 2. The lowest BCUT2D eigenvalue weighted by Crippen LogP contribution is -2.37. The molecule has 124 valence electrons. The minimum atomic E-state index is -0.822. The molecule has 0 aromatic heterocycles. The molecule has 2 amide bonds. The highest BCUT2D eigenvalue weighted by molar-refractivity contribution is 9.10. The Balaban J connectivity index is 1.79. The van der Waals surface area contributed by atoms with Crippen molar-refractivity contribution in [3.8, 4) is 5.75 Å². The summed E-state index contributed by atoms with van der Waals surface area (Å²) < 4.78 is 6.00. The Kier molecular flexibility index (Phi) is 6.51. The van der Waals surface area contributed by atoms with Gasteiger partial charge in [0, 0.05) is 11.0 Å². The lowest BCUT2D eigenvalue weighted by atomic mass is 10.2. The molecule has 2 aromatic rings. The van der Waals surface area contributed by atoms with E-state index < -0.39 is 11.8 Å². The van der Waals surface area contributed by atoms with Gasteiger partial charge in [0.25, 0.3) is 0 Å².